The molecule has 2 N–H and O–H groups in total. The predicted molar refractivity (Wildman–Crippen MR) is 80.6 cm³/mol. The van der Waals surface area contributed by atoms with Crippen LogP contribution in [0.3, 0.4) is 0 Å². The summed E-state index contributed by atoms with van der Waals surface area (Å²) in [5.74, 6) is 0.469. The Hall–Kier alpha value is -2.05. The first kappa shape index (κ1) is 14.9. The van der Waals surface area contributed by atoms with Gasteiger partial charge in [-0.2, -0.15) is 0 Å². The van der Waals surface area contributed by atoms with Crippen LogP contribution in [-0.2, 0) is 19.7 Å². The molecule has 2 aromatic rings. The van der Waals surface area contributed by atoms with Crippen LogP contribution in [0.5, 0.6) is 5.75 Å². The number of aliphatic hydroxyl groups is 1. The molecule has 0 radical (unpaired) electrons. The van der Waals surface area contributed by atoms with Crippen molar-refractivity contribution in [3.63, 3.8) is 0 Å². The number of aromatic hydroxyl groups is 1. The lowest BCUT2D eigenvalue weighted by atomic mass is 10.2. The monoisotopic (exact) mass is 304 g/mol. The summed E-state index contributed by atoms with van der Waals surface area (Å²) in [5, 5.41) is 19.8. The highest BCUT2D eigenvalue weighted by Gasteiger charge is 2.20. The highest BCUT2D eigenvalue weighted by molar-refractivity contribution is 5.31. The van der Waals surface area contributed by atoms with Crippen LogP contribution in [0.25, 0.3) is 0 Å². The molecule has 0 spiro atoms. The molecule has 1 aliphatic heterocycles. The molecule has 1 saturated heterocycles. The van der Waals surface area contributed by atoms with Crippen LogP contribution in [0, 0.1) is 0 Å². The summed E-state index contributed by atoms with van der Waals surface area (Å²) < 4.78 is 7.13. The van der Waals surface area contributed by atoms with Gasteiger partial charge in [-0.15, -0.1) is 0 Å². The highest BCUT2D eigenvalue weighted by Crippen LogP contribution is 2.21. The molecule has 22 heavy (non-hydrogen) atoms. The lowest BCUT2D eigenvalue weighted by molar-refractivity contribution is 0.261. The third-order valence-electron chi connectivity index (χ3n) is 4.11. The third-order valence-corrected chi connectivity index (χ3v) is 4.11. The second-order valence-corrected chi connectivity index (χ2v) is 5.60. The van der Waals surface area contributed by atoms with Gasteiger partial charge in [-0.25, -0.2) is 0 Å². The minimum absolute atomic E-state index is 0.240. The molecule has 0 unspecified atom stereocenters. The molecule has 118 valence electrons. The van der Waals surface area contributed by atoms with E-state index in [9.17, 15) is 15.0 Å². The van der Waals surface area contributed by atoms with E-state index in [2.05, 4.69) is 4.90 Å². The van der Waals surface area contributed by atoms with Crippen molar-refractivity contribution in [1.29, 1.82) is 0 Å². The summed E-state index contributed by atoms with van der Waals surface area (Å²) in [6, 6.07) is 4.90. The van der Waals surface area contributed by atoms with E-state index in [1.54, 1.807) is 16.9 Å². The molecule has 3 rings (SSSR count). The van der Waals surface area contributed by atoms with Crippen LogP contribution in [0.1, 0.15) is 30.0 Å². The minimum atomic E-state index is -0.450. The maximum atomic E-state index is 11.9. The van der Waals surface area contributed by atoms with Gasteiger partial charge in [0.15, 0.2) is 5.75 Å². The number of hydrogen-bond acceptors (Lipinski definition) is 5. The maximum Gasteiger partial charge on any atom is 0.223 e. The summed E-state index contributed by atoms with van der Waals surface area (Å²) in [4.78, 5) is 14.1. The van der Waals surface area contributed by atoms with E-state index >= 15 is 0 Å². The smallest absolute Gasteiger partial charge is 0.223 e. The van der Waals surface area contributed by atoms with E-state index in [1.807, 2.05) is 6.07 Å². The second kappa shape index (κ2) is 6.37. The zero-order chi connectivity index (χ0) is 15.5. The van der Waals surface area contributed by atoms with Gasteiger partial charge in [0, 0.05) is 18.3 Å². The topological polar surface area (TPSA) is 78.8 Å². The minimum Gasteiger partial charge on any atom is -0.503 e. The largest absolute Gasteiger partial charge is 0.503 e. The molecule has 3 heterocycles. The fraction of sp³-hybridized carbons (Fsp3) is 0.438. The number of likely N-dealkylation sites (tertiary alicyclic amines) is 1. The van der Waals surface area contributed by atoms with E-state index in [1.165, 1.54) is 6.07 Å². The Balaban J connectivity index is 2.02. The van der Waals surface area contributed by atoms with Gasteiger partial charge in [0.25, 0.3) is 0 Å². The average molecular weight is 304 g/mol. The van der Waals surface area contributed by atoms with Crippen LogP contribution in [-0.4, -0.2) is 32.8 Å². The zero-order valence-corrected chi connectivity index (χ0v) is 12.4. The van der Waals surface area contributed by atoms with Crippen LogP contribution < -0.4 is 5.43 Å². The first-order chi connectivity index (χ1) is 10.7. The number of nitrogens with zero attached hydrogens (tertiary/aromatic N) is 2. The number of furan rings is 1. The number of hydrogen-bond donors (Lipinski definition) is 2. The van der Waals surface area contributed by atoms with Gasteiger partial charge < -0.3 is 19.2 Å². The first-order valence-electron chi connectivity index (χ1n) is 7.49. The molecule has 0 aliphatic carbocycles. The molecule has 0 amide bonds. The van der Waals surface area contributed by atoms with Crippen molar-refractivity contribution < 1.29 is 14.6 Å². The van der Waals surface area contributed by atoms with Crippen LogP contribution >= 0.6 is 0 Å². The Morgan fingerprint density at radius 1 is 1.23 bits per heavy atom. The van der Waals surface area contributed by atoms with E-state index in [0.29, 0.717) is 30.2 Å². The van der Waals surface area contributed by atoms with Gasteiger partial charge >= 0.3 is 0 Å². The Kier molecular flexibility index (Phi) is 4.31. The Labute approximate surface area is 128 Å². The number of aromatic nitrogens is 1. The molecule has 0 saturated carbocycles. The molecule has 6 heteroatoms. The third kappa shape index (κ3) is 2.93. The van der Waals surface area contributed by atoms with Crippen molar-refractivity contribution in [3.8, 4) is 5.75 Å². The van der Waals surface area contributed by atoms with Gasteiger partial charge in [-0.1, -0.05) is 0 Å². The van der Waals surface area contributed by atoms with Gasteiger partial charge in [-0.3, -0.25) is 9.69 Å². The summed E-state index contributed by atoms with van der Waals surface area (Å²) in [5.41, 5.74) is 0.567. The van der Waals surface area contributed by atoms with Crippen LogP contribution in [0.4, 0.5) is 0 Å². The van der Waals surface area contributed by atoms with Crippen molar-refractivity contribution in [2.45, 2.75) is 32.5 Å². The van der Waals surface area contributed by atoms with E-state index in [4.69, 9.17) is 4.42 Å². The summed E-state index contributed by atoms with van der Waals surface area (Å²) >= 11 is 0. The van der Waals surface area contributed by atoms with E-state index in [0.717, 1.165) is 25.9 Å². The quantitative estimate of drug-likeness (QED) is 0.870. The SMILES string of the molecule is O=c1cc(CO)n(Cc2ccco2)c(CN2CCCC2)c1O. The number of rotatable bonds is 5. The first-order valence-corrected chi connectivity index (χ1v) is 7.49. The van der Waals surface area contributed by atoms with Crippen molar-refractivity contribution in [2.24, 2.45) is 0 Å². The van der Waals surface area contributed by atoms with Crippen molar-refractivity contribution in [1.82, 2.24) is 9.47 Å². The zero-order valence-electron chi connectivity index (χ0n) is 12.4. The molecular formula is C16H20N2O4. The Morgan fingerprint density at radius 3 is 2.64 bits per heavy atom. The van der Waals surface area contributed by atoms with Gasteiger partial charge in [0.05, 0.1) is 25.1 Å². The van der Waals surface area contributed by atoms with Gasteiger partial charge in [0.2, 0.25) is 5.43 Å². The molecule has 0 atom stereocenters. The number of pyridine rings is 1. The Morgan fingerprint density at radius 2 is 2.00 bits per heavy atom. The molecule has 6 nitrogen and oxygen atoms in total. The molecular weight excluding hydrogens is 284 g/mol. The summed E-state index contributed by atoms with van der Waals surface area (Å²) in [6.45, 7) is 2.52. The molecule has 0 bridgehead atoms. The van der Waals surface area contributed by atoms with E-state index < -0.39 is 5.43 Å². The molecule has 1 aliphatic rings. The lowest BCUT2D eigenvalue weighted by Crippen LogP contribution is -2.26. The fourth-order valence-electron chi connectivity index (χ4n) is 2.94. The Bertz CT molecular complexity index is 685. The highest BCUT2D eigenvalue weighted by atomic mass is 16.3. The predicted octanol–water partition coefficient (Wildman–Crippen LogP) is 1.28. The van der Waals surface area contributed by atoms with E-state index in [-0.39, 0.29) is 12.4 Å². The summed E-state index contributed by atoms with van der Waals surface area (Å²) in [7, 11) is 0. The van der Waals surface area contributed by atoms with Crippen LogP contribution in [0.15, 0.2) is 33.7 Å². The van der Waals surface area contributed by atoms with Crippen molar-refractivity contribution in [2.75, 3.05) is 13.1 Å². The number of aliphatic hydroxyl groups excluding tert-OH is 1. The van der Waals surface area contributed by atoms with Crippen LogP contribution in [0.2, 0.25) is 0 Å². The van der Waals surface area contributed by atoms with Gasteiger partial charge in [0.1, 0.15) is 5.76 Å². The summed E-state index contributed by atoms with van der Waals surface area (Å²) in [6.07, 6.45) is 3.84. The fourth-order valence-corrected chi connectivity index (χ4v) is 2.94. The normalized spacial score (nSPS) is 15.5. The molecule has 0 aromatic carbocycles. The standard InChI is InChI=1S/C16H20N2O4/c19-11-12-8-15(20)16(21)14(10-17-5-1-2-6-17)18(12)9-13-4-3-7-22-13/h3-4,7-8,19,21H,1-2,5-6,9-11H2. The lowest BCUT2D eigenvalue weighted by Gasteiger charge is -2.22. The molecule has 1 fully saturated rings. The van der Waals surface area contributed by atoms with Gasteiger partial charge in [-0.05, 0) is 38.1 Å². The van der Waals surface area contributed by atoms with Crippen molar-refractivity contribution >= 4 is 0 Å². The molecule has 2 aromatic heterocycles. The average Bonchev–Trinajstić information content (AvgIpc) is 3.19. The van der Waals surface area contributed by atoms with Crippen molar-refractivity contribution in [3.05, 3.63) is 51.8 Å². The maximum absolute atomic E-state index is 11.9. The second-order valence-electron chi connectivity index (χ2n) is 5.60.